The molecular formula is C15H16ClN3O. The van der Waals surface area contributed by atoms with Gasteiger partial charge >= 0.3 is 0 Å². The standard InChI is InChI=1S/C15H16ClN3O/c1-10-5-8-19(9-12(10)16)15(20)11-3-2-4-13-14(11)18-7-6-17-13/h2-4,6-7,10,12H,5,8-9H2,1H3. The summed E-state index contributed by atoms with van der Waals surface area (Å²) >= 11 is 6.29. The van der Waals surface area contributed by atoms with Crippen LogP contribution in [0.25, 0.3) is 11.0 Å². The fourth-order valence-electron chi connectivity index (χ4n) is 2.54. The fraction of sp³-hybridized carbons (Fsp3) is 0.400. The van der Waals surface area contributed by atoms with Crippen LogP contribution in [-0.2, 0) is 0 Å². The second-order valence-electron chi connectivity index (χ2n) is 5.26. The van der Waals surface area contributed by atoms with Gasteiger partial charge in [0.15, 0.2) is 0 Å². The van der Waals surface area contributed by atoms with Crippen LogP contribution in [0, 0.1) is 5.92 Å². The van der Waals surface area contributed by atoms with Crippen LogP contribution in [0.2, 0.25) is 0 Å². The minimum Gasteiger partial charge on any atom is -0.337 e. The quantitative estimate of drug-likeness (QED) is 0.758. The highest BCUT2D eigenvalue weighted by molar-refractivity contribution is 6.21. The summed E-state index contributed by atoms with van der Waals surface area (Å²) in [6.45, 7) is 3.47. The largest absolute Gasteiger partial charge is 0.337 e. The molecule has 0 aliphatic carbocycles. The fourth-order valence-corrected chi connectivity index (χ4v) is 2.83. The average Bonchev–Trinajstić information content (AvgIpc) is 2.49. The zero-order valence-corrected chi connectivity index (χ0v) is 12.0. The summed E-state index contributed by atoms with van der Waals surface area (Å²) in [4.78, 5) is 23.0. The molecule has 2 heterocycles. The molecule has 2 atom stereocenters. The molecule has 20 heavy (non-hydrogen) atoms. The van der Waals surface area contributed by atoms with Crippen molar-refractivity contribution < 1.29 is 4.79 Å². The van der Waals surface area contributed by atoms with Crippen LogP contribution in [0.1, 0.15) is 23.7 Å². The van der Waals surface area contributed by atoms with Gasteiger partial charge in [0, 0.05) is 25.5 Å². The molecule has 5 heteroatoms. The van der Waals surface area contributed by atoms with Gasteiger partial charge in [-0.1, -0.05) is 13.0 Å². The van der Waals surface area contributed by atoms with Crippen molar-refractivity contribution in [2.45, 2.75) is 18.7 Å². The molecule has 1 fully saturated rings. The van der Waals surface area contributed by atoms with E-state index in [2.05, 4.69) is 16.9 Å². The van der Waals surface area contributed by atoms with Gasteiger partial charge in [-0.3, -0.25) is 14.8 Å². The topological polar surface area (TPSA) is 46.1 Å². The van der Waals surface area contributed by atoms with Gasteiger partial charge in [0.2, 0.25) is 0 Å². The van der Waals surface area contributed by atoms with Crippen molar-refractivity contribution in [2.24, 2.45) is 5.92 Å². The average molecular weight is 290 g/mol. The number of hydrogen-bond donors (Lipinski definition) is 0. The number of carbonyl (C=O) groups is 1. The molecule has 2 unspecified atom stereocenters. The minimum absolute atomic E-state index is 0.00588. The molecule has 0 saturated carbocycles. The monoisotopic (exact) mass is 289 g/mol. The number of piperidine rings is 1. The van der Waals surface area contributed by atoms with Gasteiger partial charge in [0.05, 0.1) is 16.5 Å². The van der Waals surface area contributed by atoms with E-state index in [1.54, 1.807) is 18.5 Å². The van der Waals surface area contributed by atoms with Crippen molar-refractivity contribution in [1.82, 2.24) is 14.9 Å². The van der Waals surface area contributed by atoms with Gasteiger partial charge < -0.3 is 4.90 Å². The van der Waals surface area contributed by atoms with Gasteiger partial charge in [-0.15, -0.1) is 11.6 Å². The Balaban J connectivity index is 1.93. The number of alkyl halides is 1. The zero-order valence-electron chi connectivity index (χ0n) is 11.3. The molecule has 1 aliphatic rings. The highest BCUT2D eigenvalue weighted by atomic mass is 35.5. The van der Waals surface area contributed by atoms with Crippen LogP contribution in [0.5, 0.6) is 0 Å². The molecule has 2 aromatic rings. The number of hydrogen-bond acceptors (Lipinski definition) is 3. The second-order valence-corrected chi connectivity index (χ2v) is 5.82. The van der Waals surface area contributed by atoms with E-state index in [1.165, 1.54) is 0 Å². The minimum atomic E-state index is -0.00588. The molecule has 1 aromatic carbocycles. The van der Waals surface area contributed by atoms with E-state index in [1.807, 2.05) is 17.0 Å². The lowest BCUT2D eigenvalue weighted by molar-refractivity contribution is 0.0703. The number of benzene rings is 1. The highest BCUT2D eigenvalue weighted by Gasteiger charge is 2.28. The molecule has 0 spiro atoms. The Morgan fingerprint density at radius 1 is 1.35 bits per heavy atom. The first-order valence-corrected chi connectivity index (χ1v) is 7.23. The van der Waals surface area contributed by atoms with Crippen LogP contribution < -0.4 is 0 Å². The van der Waals surface area contributed by atoms with Gasteiger partial charge in [0.1, 0.15) is 5.52 Å². The number of aromatic nitrogens is 2. The van der Waals surface area contributed by atoms with Gasteiger partial charge in [-0.2, -0.15) is 0 Å². The Bertz CT molecular complexity index is 641. The zero-order chi connectivity index (χ0) is 14.1. The molecule has 3 rings (SSSR count). The van der Waals surface area contributed by atoms with E-state index >= 15 is 0 Å². The summed E-state index contributed by atoms with van der Waals surface area (Å²) in [7, 11) is 0. The van der Waals surface area contributed by atoms with Crippen LogP contribution in [0.3, 0.4) is 0 Å². The summed E-state index contributed by atoms with van der Waals surface area (Å²) in [6, 6.07) is 5.51. The van der Waals surface area contributed by atoms with Crippen molar-refractivity contribution in [3.8, 4) is 0 Å². The van der Waals surface area contributed by atoms with Gasteiger partial charge in [-0.25, -0.2) is 0 Å². The Kier molecular flexibility index (Phi) is 3.57. The predicted octanol–water partition coefficient (Wildman–Crippen LogP) is 2.72. The SMILES string of the molecule is CC1CCN(C(=O)c2cccc3nccnc23)CC1Cl. The van der Waals surface area contributed by atoms with E-state index in [0.717, 1.165) is 18.5 Å². The third kappa shape index (κ3) is 2.36. The highest BCUT2D eigenvalue weighted by Crippen LogP contribution is 2.24. The number of likely N-dealkylation sites (tertiary alicyclic amines) is 1. The van der Waals surface area contributed by atoms with E-state index in [4.69, 9.17) is 11.6 Å². The summed E-state index contributed by atoms with van der Waals surface area (Å²) in [5.74, 6) is 0.446. The van der Waals surface area contributed by atoms with Crippen molar-refractivity contribution in [3.05, 3.63) is 36.2 Å². The van der Waals surface area contributed by atoms with E-state index in [0.29, 0.717) is 23.5 Å². The van der Waals surface area contributed by atoms with Crippen LogP contribution in [-0.4, -0.2) is 39.2 Å². The first-order valence-electron chi connectivity index (χ1n) is 6.80. The smallest absolute Gasteiger partial charge is 0.256 e. The molecule has 4 nitrogen and oxygen atoms in total. The number of para-hydroxylation sites is 1. The Labute approximate surface area is 122 Å². The summed E-state index contributed by atoms with van der Waals surface area (Å²) < 4.78 is 0. The molecule has 1 saturated heterocycles. The molecule has 104 valence electrons. The first kappa shape index (κ1) is 13.3. The number of rotatable bonds is 1. The van der Waals surface area contributed by atoms with Crippen LogP contribution in [0.15, 0.2) is 30.6 Å². The lowest BCUT2D eigenvalue weighted by Gasteiger charge is -2.34. The van der Waals surface area contributed by atoms with Gasteiger partial charge in [0.25, 0.3) is 5.91 Å². The molecule has 1 aliphatic heterocycles. The second kappa shape index (κ2) is 5.37. The number of halogens is 1. The number of carbonyl (C=O) groups excluding carboxylic acids is 1. The van der Waals surface area contributed by atoms with Crippen LogP contribution >= 0.6 is 11.6 Å². The van der Waals surface area contributed by atoms with Crippen molar-refractivity contribution >= 4 is 28.5 Å². The third-order valence-corrected chi connectivity index (χ3v) is 4.45. The van der Waals surface area contributed by atoms with E-state index in [9.17, 15) is 4.79 Å². The molecule has 0 N–H and O–H groups in total. The maximum absolute atomic E-state index is 12.7. The molecule has 0 radical (unpaired) electrons. The maximum atomic E-state index is 12.7. The maximum Gasteiger partial charge on any atom is 0.256 e. The van der Waals surface area contributed by atoms with E-state index in [-0.39, 0.29) is 11.3 Å². The number of amides is 1. The number of fused-ring (bicyclic) bond motifs is 1. The molecular weight excluding hydrogens is 274 g/mol. The lowest BCUT2D eigenvalue weighted by atomic mass is 9.98. The predicted molar refractivity (Wildman–Crippen MR) is 78.9 cm³/mol. The van der Waals surface area contributed by atoms with Crippen molar-refractivity contribution in [1.29, 1.82) is 0 Å². The first-order chi connectivity index (χ1) is 9.66. The summed E-state index contributed by atoms with van der Waals surface area (Å²) in [5.41, 5.74) is 2.00. The normalized spacial score (nSPS) is 23.0. The van der Waals surface area contributed by atoms with Crippen molar-refractivity contribution in [3.63, 3.8) is 0 Å². The molecule has 1 amide bonds. The van der Waals surface area contributed by atoms with E-state index < -0.39 is 0 Å². The Hall–Kier alpha value is -1.68. The Morgan fingerprint density at radius 2 is 2.15 bits per heavy atom. The van der Waals surface area contributed by atoms with Gasteiger partial charge in [-0.05, 0) is 24.5 Å². The summed E-state index contributed by atoms with van der Waals surface area (Å²) in [5, 5.41) is 0.0220. The molecule has 0 bridgehead atoms. The third-order valence-electron chi connectivity index (χ3n) is 3.88. The number of nitrogens with zero attached hydrogens (tertiary/aromatic N) is 3. The molecule has 1 aromatic heterocycles. The van der Waals surface area contributed by atoms with Crippen molar-refractivity contribution in [2.75, 3.05) is 13.1 Å². The lowest BCUT2D eigenvalue weighted by Crippen LogP contribution is -2.43. The Morgan fingerprint density at radius 3 is 2.95 bits per heavy atom. The summed E-state index contributed by atoms with van der Waals surface area (Å²) in [6.07, 6.45) is 4.19. The van der Waals surface area contributed by atoms with Crippen LogP contribution in [0.4, 0.5) is 0 Å².